The molecule has 13 heteroatoms. The number of anilines is 1. The van der Waals surface area contributed by atoms with Crippen LogP contribution in [0.3, 0.4) is 0 Å². The zero-order chi connectivity index (χ0) is 24.5. The first kappa shape index (κ1) is 30.0. The molecular formula is C23H28Cl3F3N6O. The number of halogens is 6. The van der Waals surface area contributed by atoms with Crippen molar-refractivity contribution < 1.29 is 18.0 Å². The van der Waals surface area contributed by atoms with Gasteiger partial charge in [-0.15, -0.1) is 24.8 Å². The van der Waals surface area contributed by atoms with Crippen molar-refractivity contribution in [1.29, 1.82) is 0 Å². The largest absolute Gasteiger partial charge is 0.419 e. The van der Waals surface area contributed by atoms with Gasteiger partial charge in [0.15, 0.2) is 5.65 Å². The number of hydrogen-bond donors (Lipinski definition) is 2. The number of hydrogen-bond acceptors (Lipinski definition) is 5. The van der Waals surface area contributed by atoms with E-state index >= 15 is 0 Å². The first-order chi connectivity index (χ1) is 16.1. The number of H-pyrrole nitrogens is 1. The van der Waals surface area contributed by atoms with E-state index in [9.17, 15) is 18.0 Å². The van der Waals surface area contributed by atoms with Gasteiger partial charge in [-0.05, 0) is 17.7 Å². The molecule has 36 heavy (non-hydrogen) atoms. The van der Waals surface area contributed by atoms with Crippen molar-refractivity contribution in [1.82, 2.24) is 25.4 Å². The van der Waals surface area contributed by atoms with E-state index in [4.69, 9.17) is 11.6 Å². The van der Waals surface area contributed by atoms with Gasteiger partial charge in [0, 0.05) is 50.0 Å². The molecule has 1 aliphatic heterocycles. The first-order valence-electron chi connectivity index (χ1n) is 11.1. The highest BCUT2D eigenvalue weighted by molar-refractivity contribution is 6.30. The Bertz CT molecular complexity index is 1150. The van der Waals surface area contributed by atoms with Crippen LogP contribution >= 0.6 is 36.4 Å². The third kappa shape index (κ3) is 6.53. The number of pyridine rings is 1. The molecule has 7 nitrogen and oxygen atoms in total. The molecule has 0 saturated carbocycles. The maximum absolute atomic E-state index is 13.7. The Morgan fingerprint density at radius 3 is 2.33 bits per heavy atom. The number of piperazine rings is 1. The normalized spacial score (nSPS) is 15.0. The van der Waals surface area contributed by atoms with Crippen molar-refractivity contribution in [3.8, 4) is 0 Å². The maximum Gasteiger partial charge on any atom is 0.419 e. The average molecular weight is 568 g/mol. The second kappa shape index (κ2) is 12.3. The number of carbonyl (C=O) groups is 1. The van der Waals surface area contributed by atoms with E-state index in [0.29, 0.717) is 35.7 Å². The molecule has 0 aliphatic carbocycles. The van der Waals surface area contributed by atoms with Crippen LogP contribution in [0.2, 0.25) is 5.02 Å². The zero-order valence-electron chi connectivity index (χ0n) is 19.7. The number of rotatable bonds is 6. The van der Waals surface area contributed by atoms with Crippen molar-refractivity contribution in [2.24, 2.45) is 0 Å². The molecule has 3 aromatic rings. The molecule has 0 bridgehead atoms. The molecule has 0 unspecified atom stereocenters. The van der Waals surface area contributed by atoms with Crippen LogP contribution in [0.4, 0.5) is 18.9 Å². The molecule has 2 N–H and O–H groups in total. The van der Waals surface area contributed by atoms with Crippen LogP contribution in [0.25, 0.3) is 11.0 Å². The third-order valence-electron chi connectivity index (χ3n) is 5.97. The van der Waals surface area contributed by atoms with Gasteiger partial charge in [0.2, 0.25) is 5.91 Å². The summed E-state index contributed by atoms with van der Waals surface area (Å²) in [5, 5.41) is 10.7. The summed E-state index contributed by atoms with van der Waals surface area (Å²) < 4.78 is 41.2. The number of nitrogens with zero attached hydrogens (tertiary/aromatic N) is 4. The fraction of sp³-hybridized carbons (Fsp3) is 0.435. The summed E-state index contributed by atoms with van der Waals surface area (Å²) in [7, 11) is 0. The van der Waals surface area contributed by atoms with Crippen LogP contribution in [0.1, 0.15) is 30.9 Å². The zero-order valence-corrected chi connectivity index (χ0v) is 22.1. The van der Waals surface area contributed by atoms with Crippen LogP contribution in [-0.2, 0) is 11.0 Å². The maximum atomic E-state index is 13.7. The van der Waals surface area contributed by atoms with Crippen molar-refractivity contribution in [2.45, 2.75) is 32.0 Å². The van der Waals surface area contributed by atoms with Crippen molar-refractivity contribution in [3.63, 3.8) is 0 Å². The Balaban J connectivity index is 0.00000228. The summed E-state index contributed by atoms with van der Waals surface area (Å²) in [5.41, 5.74) is 0.387. The number of amides is 1. The van der Waals surface area contributed by atoms with E-state index in [0.717, 1.165) is 11.8 Å². The van der Waals surface area contributed by atoms with Gasteiger partial charge in [0.1, 0.15) is 0 Å². The van der Waals surface area contributed by atoms with Crippen LogP contribution in [0, 0.1) is 0 Å². The van der Waals surface area contributed by atoms with E-state index in [-0.39, 0.29) is 55.5 Å². The Hall–Kier alpha value is -2.27. The monoisotopic (exact) mass is 566 g/mol. The summed E-state index contributed by atoms with van der Waals surface area (Å²) >= 11 is 6.02. The molecule has 1 atom stereocenters. The quantitative estimate of drug-likeness (QED) is 0.443. The van der Waals surface area contributed by atoms with Crippen LogP contribution < -0.4 is 10.2 Å². The topological polar surface area (TPSA) is 77.2 Å². The van der Waals surface area contributed by atoms with Crippen LogP contribution in [-0.4, -0.2) is 64.8 Å². The minimum atomic E-state index is -4.55. The molecular weight excluding hydrogens is 540 g/mol. The minimum absolute atomic E-state index is 0. The second-order valence-electron chi connectivity index (χ2n) is 8.63. The molecule has 3 heterocycles. The van der Waals surface area contributed by atoms with E-state index < -0.39 is 17.7 Å². The van der Waals surface area contributed by atoms with Gasteiger partial charge in [-0.3, -0.25) is 9.89 Å². The van der Waals surface area contributed by atoms with Crippen molar-refractivity contribution in [3.05, 3.63) is 52.8 Å². The van der Waals surface area contributed by atoms with Crippen LogP contribution in [0.5, 0.6) is 0 Å². The predicted octanol–water partition coefficient (Wildman–Crippen LogP) is 4.90. The highest BCUT2D eigenvalue weighted by atomic mass is 35.5. The van der Waals surface area contributed by atoms with Gasteiger partial charge in [0.25, 0.3) is 0 Å². The molecule has 0 radical (unpaired) electrons. The Kier molecular flexibility index (Phi) is 10.2. The fourth-order valence-corrected chi connectivity index (χ4v) is 4.33. The number of aromatic amines is 1. The summed E-state index contributed by atoms with van der Waals surface area (Å²) in [5.74, 6) is -0.479. The van der Waals surface area contributed by atoms with Gasteiger partial charge < -0.3 is 15.1 Å². The number of fused-ring (bicyclic) bond motifs is 1. The number of benzene rings is 1. The molecule has 1 aromatic carbocycles. The number of carbonyl (C=O) groups excluding carboxylic acids is 1. The standard InChI is InChI=1S/C23H26ClF3N6O.2ClH/c1-14(2)28-11-17(15-3-5-16(24)6-4-15)22(34)33-9-7-32(8-10-33)20-18-12-30-31-21(18)29-13-19(20)23(25,26)27;;/h3-6,12-14,17,28H,7-11H2,1-2H3,(H,29,30,31);2*1H/t17-;;/m1../s1. The smallest absolute Gasteiger partial charge is 0.367 e. The summed E-state index contributed by atoms with van der Waals surface area (Å²) in [6, 6.07) is 7.38. The minimum Gasteiger partial charge on any atom is -0.367 e. The number of aromatic nitrogens is 3. The van der Waals surface area contributed by atoms with E-state index in [1.54, 1.807) is 21.9 Å². The first-order valence-corrected chi connectivity index (χ1v) is 11.4. The van der Waals surface area contributed by atoms with Crippen molar-refractivity contribution in [2.75, 3.05) is 37.6 Å². The van der Waals surface area contributed by atoms with Gasteiger partial charge in [0.05, 0.1) is 28.8 Å². The van der Waals surface area contributed by atoms with Gasteiger partial charge >= 0.3 is 6.18 Å². The highest BCUT2D eigenvalue weighted by Gasteiger charge is 2.38. The fourth-order valence-electron chi connectivity index (χ4n) is 4.20. The summed E-state index contributed by atoms with van der Waals surface area (Å²) in [6.45, 7) is 5.62. The Morgan fingerprint density at radius 1 is 1.11 bits per heavy atom. The Labute approximate surface area is 224 Å². The van der Waals surface area contributed by atoms with E-state index in [2.05, 4.69) is 20.5 Å². The third-order valence-corrected chi connectivity index (χ3v) is 6.22. The van der Waals surface area contributed by atoms with Crippen molar-refractivity contribution >= 4 is 59.0 Å². The van der Waals surface area contributed by atoms with E-state index in [1.165, 1.54) is 6.20 Å². The predicted molar refractivity (Wildman–Crippen MR) is 140 cm³/mol. The number of nitrogens with one attached hydrogen (secondary N) is 2. The SMILES string of the molecule is CC(C)NC[C@@H](C(=O)N1CCN(c2c(C(F)(F)F)cnc3[nH]ncc23)CC1)c1ccc(Cl)cc1.Cl.Cl. The summed E-state index contributed by atoms with van der Waals surface area (Å²) in [4.78, 5) is 20.7. The number of alkyl halides is 3. The molecule has 1 fully saturated rings. The van der Waals surface area contributed by atoms with E-state index in [1.807, 2.05) is 26.0 Å². The lowest BCUT2D eigenvalue weighted by Crippen LogP contribution is -2.51. The lowest BCUT2D eigenvalue weighted by atomic mass is 9.96. The molecule has 198 valence electrons. The van der Waals surface area contributed by atoms with Crippen LogP contribution in [0.15, 0.2) is 36.7 Å². The van der Waals surface area contributed by atoms with Gasteiger partial charge in [-0.25, -0.2) is 4.98 Å². The molecule has 4 rings (SSSR count). The average Bonchev–Trinajstić information content (AvgIpc) is 3.28. The second-order valence-corrected chi connectivity index (χ2v) is 9.07. The molecule has 1 saturated heterocycles. The molecule has 1 amide bonds. The lowest BCUT2D eigenvalue weighted by molar-refractivity contribution is -0.137. The molecule has 0 spiro atoms. The van der Waals surface area contributed by atoms with Gasteiger partial charge in [-0.2, -0.15) is 18.3 Å². The lowest BCUT2D eigenvalue weighted by Gasteiger charge is -2.38. The highest BCUT2D eigenvalue weighted by Crippen LogP contribution is 2.40. The molecule has 2 aromatic heterocycles. The summed E-state index contributed by atoms with van der Waals surface area (Å²) in [6.07, 6.45) is -2.36. The molecule has 1 aliphatic rings. The van der Waals surface area contributed by atoms with Gasteiger partial charge in [-0.1, -0.05) is 37.6 Å². The Morgan fingerprint density at radius 2 is 1.75 bits per heavy atom.